The lowest BCUT2D eigenvalue weighted by atomic mass is 9.77. The van der Waals surface area contributed by atoms with E-state index < -0.39 is 0 Å². The highest BCUT2D eigenvalue weighted by molar-refractivity contribution is 5.85. The van der Waals surface area contributed by atoms with E-state index in [4.69, 9.17) is 0 Å². The highest BCUT2D eigenvalue weighted by Crippen LogP contribution is 2.37. The smallest absolute Gasteiger partial charge is 0.224 e. The number of amides is 1. The summed E-state index contributed by atoms with van der Waals surface area (Å²) < 4.78 is 0. The van der Waals surface area contributed by atoms with Gasteiger partial charge in [-0.15, -0.1) is 12.4 Å². The van der Waals surface area contributed by atoms with Gasteiger partial charge in [0.1, 0.15) is 0 Å². The van der Waals surface area contributed by atoms with Crippen molar-refractivity contribution in [3.05, 3.63) is 35.9 Å². The molecule has 21 heavy (non-hydrogen) atoms. The molecule has 2 fully saturated rings. The fourth-order valence-corrected chi connectivity index (χ4v) is 3.25. The first-order valence-electron chi connectivity index (χ1n) is 7.90. The summed E-state index contributed by atoms with van der Waals surface area (Å²) in [5.41, 5.74) is 1.26. The van der Waals surface area contributed by atoms with Crippen molar-refractivity contribution in [2.24, 2.45) is 11.8 Å². The molecule has 0 spiro atoms. The van der Waals surface area contributed by atoms with E-state index in [1.807, 2.05) is 6.07 Å². The van der Waals surface area contributed by atoms with Crippen LogP contribution in [-0.2, 0) is 4.79 Å². The van der Waals surface area contributed by atoms with Crippen LogP contribution in [0.2, 0.25) is 0 Å². The standard InChI is InChI=1S/C17H24N2O.ClH/c20-17(15-10-5-11-18-12-15)19-16(14-8-4-9-14)13-6-2-1-3-7-13;/h1-3,6-7,14-16,18H,4-5,8-12H2,(H,19,20);1H. The van der Waals surface area contributed by atoms with E-state index in [0.29, 0.717) is 5.92 Å². The van der Waals surface area contributed by atoms with Crippen LogP contribution in [0.15, 0.2) is 30.3 Å². The van der Waals surface area contributed by atoms with Crippen molar-refractivity contribution in [1.29, 1.82) is 0 Å². The predicted octanol–water partition coefficient (Wildman–Crippen LogP) is 3.07. The quantitative estimate of drug-likeness (QED) is 0.897. The molecule has 1 aliphatic heterocycles. The highest BCUT2D eigenvalue weighted by atomic mass is 35.5. The third kappa shape index (κ3) is 3.98. The molecule has 1 aromatic carbocycles. The lowest BCUT2D eigenvalue weighted by molar-refractivity contribution is -0.126. The minimum Gasteiger partial charge on any atom is -0.349 e. The summed E-state index contributed by atoms with van der Waals surface area (Å²) in [5, 5.41) is 6.65. The minimum atomic E-state index is 0. The maximum atomic E-state index is 12.5. The van der Waals surface area contributed by atoms with Gasteiger partial charge in [0.05, 0.1) is 12.0 Å². The van der Waals surface area contributed by atoms with Crippen molar-refractivity contribution < 1.29 is 4.79 Å². The molecule has 2 unspecified atom stereocenters. The van der Waals surface area contributed by atoms with Crippen molar-refractivity contribution in [3.63, 3.8) is 0 Å². The van der Waals surface area contributed by atoms with Gasteiger partial charge in [-0.25, -0.2) is 0 Å². The van der Waals surface area contributed by atoms with Crippen LogP contribution in [0.4, 0.5) is 0 Å². The average Bonchev–Trinajstić information content (AvgIpc) is 2.46. The number of piperidine rings is 1. The Hall–Kier alpha value is -1.06. The van der Waals surface area contributed by atoms with E-state index in [1.54, 1.807) is 0 Å². The number of hydrogen-bond acceptors (Lipinski definition) is 2. The number of nitrogens with one attached hydrogen (secondary N) is 2. The van der Waals surface area contributed by atoms with Crippen LogP contribution in [-0.4, -0.2) is 19.0 Å². The number of carbonyl (C=O) groups excluding carboxylic acids is 1. The fraction of sp³-hybridized carbons (Fsp3) is 0.588. The molecule has 3 nitrogen and oxygen atoms in total. The molecular weight excluding hydrogens is 284 g/mol. The lowest BCUT2D eigenvalue weighted by Crippen LogP contribution is -2.44. The second-order valence-electron chi connectivity index (χ2n) is 6.13. The average molecular weight is 309 g/mol. The van der Waals surface area contributed by atoms with E-state index in [0.717, 1.165) is 25.9 Å². The van der Waals surface area contributed by atoms with Crippen LogP contribution in [0.3, 0.4) is 0 Å². The summed E-state index contributed by atoms with van der Waals surface area (Å²) in [4.78, 5) is 12.5. The summed E-state index contributed by atoms with van der Waals surface area (Å²) in [7, 11) is 0. The third-order valence-corrected chi connectivity index (χ3v) is 4.75. The van der Waals surface area contributed by atoms with Crippen LogP contribution in [0, 0.1) is 11.8 Å². The molecule has 4 heteroatoms. The van der Waals surface area contributed by atoms with Gasteiger partial charge < -0.3 is 10.6 Å². The zero-order valence-electron chi connectivity index (χ0n) is 12.4. The molecule has 1 amide bonds. The van der Waals surface area contributed by atoms with E-state index in [1.165, 1.54) is 24.8 Å². The molecule has 1 saturated heterocycles. The monoisotopic (exact) mass is 308 g/mol. The van der Waals surface area contributed by atoms with Gasteiger partial charge in [-0.3, -0.25) is 4.79 Å². The second-order valence-corrected chi connectivity index (χ2v) is 6.13. The van der Waals surface area contributed by atoms with Gasteiger partial charge in [-0.1, -0.05) is 36.8 Å². The second kappa shape index (κ2) is 7.81. The summed E-state index contributed by atoms with van der Waals surface area (Å²) in [6.45, 7) is 1.88. The Labute approximate surface area is 133 Å². The van der Waals surface area contributed by atoms with Crippen molar-refractivity contribution in [2.45, 2.75) is 38.1 Å². The predicted molar refractivity (Wildman–Crippen MR) is 87.5 cm³/mol. The number of benzene rings is 1. The largest absolute Gasteiger partial charge is 0.349 e. The molecule has 0 bridgehead atoms. The molecule has 0 aromatic heterocycles. The fourth-order valence-electron chi connectivity index (χ4n) is 3.25. The van der Waals surface area contributed by atoms with Crippen molar-refractivity contribution in [3.8, 4) is 0 Å². The van der Waals surface area contributed by atoms with Crippen LogP contribution < -0.4 is 10.6 Å². The Morgan fingerprint density at radius 1 is 1.14 bits per heavy atom. The van der Waals surface area contributed by atoms with E-state index >= 15 is 0 Å². The highest BCUT2D eigenvalue weighted by Gasteiger charge is 2.31. The first-order valence-corrected chi connectivity index (χ1v) is 7.90. The molecule has 3 rings (SSSR count). The van der Waals surface area contributed by atoms with Gasteiger partial charge in [0.2, 0.25) is 5.91 Å². The van der Waals surface area contributed by atoms with Gasteiger partial charge in [0, 0.05) is 6.54 Å². The van der Waals surface area contributed by atoms with Crippen molar-refractivity contribution in [1.82, 2.24) is 10.6 Å². The first-order chi connectivity index (χ1) is 9.84. The Bertz CT molecular complexity index is 441. The summed E-state index contributed by atoms with van der Waals surface area (Å²) >= 11 is 0. The van der Waals surface area contributed by atoms with Crippen LogP contribution >= 0.6 is 12.4 Å². The number of carbonyl (C=O) groups is 1. The molecule has 1 aromatic rings. The number of hydrogen-bond donors (Lipinski definition) is 2. The van der Waals surface area contributed by atoms with Crippen LogP contribution in [0.5, 0.6) is 0 Å². The Morgan fingerprint density at radius 3 is 2.48 bits per heavy atom. The molecule has 1 aliphatic carbocycles. The van der Waals surface area contributed by atoms with E-state index in [9.17, 15) is 4.79 Å². The SMILES string of the molecule is Cl.O=C(NC(c1ccccc1)C1CCC1)C1CCCNC1. The van der Waals surface area contributed by atoms with E-state index in [2.05, 4.69) is 34.9 Å². The molecule has 2 N–H and O–H groups in total. The minimum absolute atomic E-state index is 0. The zero-order valence-corrected chi connectivity index (χ0v) is 13.2. The van der Waals surface area contributed by atoms with Crippen LogP contribution in [0.1, 0.15) is 43.7 Å². The van der Waals surface area contributed by atoms with Crippen molar-refractivity contribution >= 4 is 18.3 Å². The zero-order chi connectivity index (χ0) is 13.8. The van der Waals surface area contributed by atoms with Gasteiger partial charge in [0.15, 0.2) is 0 Å². The maximum Gasteiger partial charge on any atom is 0.224 e. The molecule has 0 radical (unpaired) electrons. The first kappa shape index (κ1) is 16.3. The topological polar surface area (TPSA) is 41.1 Å². The van der Waals surface area contributed by atoms with Gasteiger partial charge >= 0.3 is 0 Å². The maximum absolute atomic E-state index is 12.5. The normalized spacial score (nSPS) is 23.5. The third-order valence-electron chi connectivity index (χ3n) is 4.75. The molecular formula is C17H25ClN2O. The summed E-state index contributed by atoms with van der Waals surface area (Å²) in [6, 6.07) is 10.7. The molecule has 1 saturated carbocycles. The van der Waals surface area contributed by atoms with Crippen LogP contribution in [0.25, 0.3) is 0 Å². The van der Waals surface area contributed by atoms with E-state index in [-0.39, 0.29) is 30.3 Å². The number of halogens is 1. The number of rotatable bonds is 4. The lowest BCUT2D eigenvalue weighted by Gasteiger charge is -2.36. The Kier molecular flexibility index (Phi) is 6.07. The summed E-state index contributed by atoms with van der Waals surface area (Å²) in [5.74, 6) is 1.01. The molecule has 116 valence electrons. The van der Waals surface area contributed by atoms with Gasteiger partial charge in [-0.05, 0) is 43.7 Å². The Balaban J connectivity index is 0.00000161. The Morgan fingerprint density at radius 2 is 1.90 bits per heavy atom. The molecule has 1 heterocycles. The van der Waals surface area contributed by atoms with Crippen molar-refractivity contribution in [2.75, 3.05) is 13.1 Å². The summed E-state index contributed by atoms with van der Waals surface area (Å²) in [6.07, 6.45) is 5.91. The molecule has 2 aliphatic rings. The molecule has 2 atom stereocenters. The van der Waals surface area contributed by atoms with Gasteiger partial charge in [0.25, 0.3) is 0 Å². The van der Waals surface area contributed by atoms with Gasteiger partial charge in [-0.2, -0.15) is 0 Å².